The SMILES string of the molecule is COc1ccc(NC2CCS(=O)(=O)C2)cc1[N+](=O)[O-]. The second-order valence-corrected chi connectivity index (χ2v) is 6.62. The molecule has 104 valence electrons. The van der Waals surface area contributed by atoms with Crippen LogP contribution >= 0.6 is 0 Å². The van der Waals surface area contributed by atoms with Crippen LogP contribution in [0.25, 0.3) is 0 Å². The third kappa shape index (κ3) is 3.14. The average molecular weight is 286 g/mol. The van der Waals surface area contributed by atoms with Gasteiger partial charge in [-0.2, -0.15) is 0 Å². The van der Waals surface area contributed by atoms with E-state index in [-0.39, 0.29) is 29.0 Å². The fraction of sp³-hybridized carbons (Fsp3) is 0.455. The summed E-state index contributed by atoms with van der Waals surface area (Å²) in [6, 6.07) is 4.28. The molecule has 1 aliphatic heterocycles. The van der Waals surface area contributed by atoms with Gasteiger partial charge in [0.2, 0.25) is 0 Å². The predicted octanol–water partition coefficient (Wildman–Crippen LogP) is 1.20. The monoisotopic (exact) mass is 286 g/mol. The number of nitro benzene ring substituents is 1. The Labute approximate surface area is 110 Å². The van der Waals surface area contributed by atoms with E-state index in [0.29, 0.717) is 12.1 Å². The number of anilines is 1. The summed E-state index contributed by atoms with van der Waals surface area (Å²) in [7, 11) is -1.62. The largest absolute Gasteiger partial charge is 0.490 e. The van der Waals surface area contributed by atoms with E-state index in [4.69, 9.17) is 4.74 Å². The molecule has 0 amide bonds. The summed E-state index contributed by atoms with van der Waals surface area (Å²) in [6.45, 7) is 0. The molecule has 19 heavy (non-hydrogen) atoms. The highest BCUT2D eigenvalue weighted by molar-refractivity contribution is 7.91. The Morgan fingerprint density at radius 2 is 2.21 bits per heavy atom. The molecule has 1 unspecified atom stereocenters. The zero-order chi connectivity index (χ0) is 14.0. The Morgan fingerprint density at radius 3 is 2.74 bits per heavy atom. The van der Waals surface area contributed by atoms with E-state index in [2.05, 4.69) is 5.32 Å². The zero-order valence-electron chi connectivity index (χ0n) is 10.3. The van der Waals surface area contributed by atoms with E-state index in [1.54, 1.807) is 6.07 Å². The molecular weight excluding hydrogens is 272 g/mol. The highest BCUT2D eigenvalue weighted by Gasteiger charge is 2.28. The standard InChI is InChI=1S/C11H14N2O5S/c1-18-11-3-2-8(6-10(11)13(14)15)12-9-4-5-19(16,17)7-9/h2-3,6,9,12H,4-5,7H2,1H3. The number of nitro groups is 1. The van der Waals surface area contributed by atoms with Crippen molar-refractivity contribution < 1.29 is 18.1 Å². The molecule has 1 aliphatic rings. The smallest absolute Gasteiger partial charge is 0.312 e. The van der Waals surface area contributed by atoms with Crippen LogP contribution in [0.15, 0.2) is 18.2 Å². The highest BCUT2D eigenvalue weighted by atomic mass is 32.2. The zero-order valence-corrected chi connectivity index (χ0v) is 11.1. The van der Waals surface area contributed by atoms with Gasteiger partial charge < -0.3 is 10.1 Å². The molecule has 1 fully saturated rings. The second-order valence-electron chi connectivity index (χ2n) is 4.39. The molecule has 0 spiro atoms. The van der Waals surface area contributed by atoms with Crippen molar-refractivity contribution in [2.45, 2.75) is 12.5 Å². The van der Waals surface area contributed by atoms with Gasteiger partial charge in [-0.25, -0.2) is 8.42 Å². The Balaban J connectivity index is 2.18. The molecule has 2 rings (SSSR count). The minimum Gasteiger partial charge on any atom is -0.490 e. The van der Waals surface area contributed by atoms with Gasteiger partial charge in [-0.3, -0.25) is 10.1 Å². The quantitative estimate of drug-likeness (QED) is 0.659. The third-order valence-electron chi connectivity index (χ3n) is 2.98. The molecule has 0 aliphatic carbocycles. The Bertz CT molecular complexity index is 599. The maximum absolute atomic E-state index is 11.3. The van der Waals surface area contributed by atoms with Gasteiger partial charge >= 0.3 is 5.69 Å². The first-order valence-corrected chi connectivity index (χ1v) is 7.53. The molecule has 0 bridgehead atoms. The van der Waals surface area contributed by atoms with Crippen LogP contribution in [0.5, 0.6) is 5.75 Å². The van der Waals surface area contributed by atoms with Crippen molar-refractivity contribution >= 4 is 21.2 Å². The molecule has 0 radical (unpaired) electrons. The van der Waals surface area contributed by atoms with Crippen molar-refractivity contribution in [2.24, 2.45) is 0 Å². The lowest BCUT2D eigenvalue weighted by Crippen LogP contribution is -2.20. The Kier molecular flexibility index (Phi) is 3.61. The molecule has 1 heterocycles. The van der Waals surface area contributed by atoms with E-state index in [1.807, 2.05) is 0 Å². The number of hydrogen-bond acceptors (Lipinski definition) is 6. The number of rotatable bonds is 4. The lowest BCUT2D eigenvalue weighted by atomic mass is 10.2. The number of methoxy groups -OCH3 is 1. The van der Waals surface area contributed by atoms with Crippen LogP contribution in [0, 0.1) is 10.1 Å². The van der Waals surface area contributed by atoms with Crippen molar-refractivity contribution in [3.63, 3.8) is 0 Å². The van der Waals surface area contributed by atoms with E-state index in [9.17, 15) is 18.5 Å². The fourth-order valence-corrected chi connectivity index (χ4v) is 3.74. The number of sulfone groups is 1. The molecule has 1 atom stereocenters. The number of nitrogens with one attached hydrogen (secondary N) is 1. The van der Waals surface area contributed by atoms with Gasteiger partial charge in [0.25, 0.3) is 0 Å². The van der Waals surface area contributed by atoms with Gasteiger partial charge in [0, 0.05) is 17.8 Å². The maximum Gasteiger partial charge on any atom is 0.312 e. The lowest BCUT2D eigenvalue weighted by molar-refractivity contribution is -0.385. The molecular formula is C11H14N2O5S. The van der Waals surface area contributed by atoms with Crippen molar-refractivity contribution in [1.82, 2.24) is 0 Å². The Morgan fingerprint density at radius 1 is 1.47 bits per heavy atom. The van der Waals surface area contributed by atoms with Crippen molar-refractivity contribution in [3.8, 4) is 5.75 Å². The number of nitrogens with zero attached hydrogens (tertiary/aromatic N) is 1. The van der Waals surface area contributed by atoms with Gasteiger partial charge in [0.15, 0.2) is 15.6 Å². The van der Waals surface area contributed by atoms with Crippen LogP contribution in [0.4, 0.5) is 11.4 Å². The molecule has 0 saturated carbocycles. The first-order chi connectivity index (χ1) is 8.91. The van der Waals surface area contributed by atoms with Crippen molar-refractivity contribution in [1.29, 1.82) is 0 Å². The van der Waals surface area contributed by atoms with Crippen LogP contribution in [-0.4, -0.2) is 38.0 Å². The summed E-state index contributed by atoms with van der Waals surface area (Å²) in [4.78, 5) is 10.3. The van der Waals surface area contributed by atoms with Gasteiger partial charge in [-0.1, -0.05) is 0 Å². The van der Waals surface area contributed by atoms with Crippen molar-refractivity contribution in [3.05, 3.63) is 28.3 Å². The van der Waals surface area contributed by atoms with Crippen LogP contribution in [0.1, 0.15) is 6.42 Å². The van der Waals surface area contributed by atoms with Gasteiger partial charge in [0.1, 0.15) is 0 Å². The molecule has 1 saturated heterocycles. The van der Waals surface area contributed by atoms with E-state index in [0.717, 1.165) is 0 Å². The minimum absolute atomic E-state index is 0.0623. The third-order valence-corrected chi connectivity index (χ3v) is 4.75. The Hall–Kier alpha value is -1.83. The summed E-state index contributed by atoms with van der Waals surface area (Å²) in [5.41, 5.74) is 0.378. The summed E-state index contributed by atoms with van der Waals surface area (Å²) < 4.78 is 27.6. The summed E-state index contributed by atoms with van der Waals surface area (Å²) in [5, 5.41) is 13.9. The maximum atomic E-state index is 11.3. The molecule has 1 aromatic rings. The van der Waals surface area contributed by atoms with Crippen LogP contribution < -0.4 is 10.1 Å². The van der Waals surface area contributed by atoms with Crippen LogP contribution in [0.2, 0.25) is 0 Å². The molecule has 0 aromatic heterocycles. The fourth-order valence-electron chi connectivity index (χ4n) is 2.07. The molecule has 8 heteroatoms. The van der Waals surface area contributed by atoms with Crippen LogP contribution in [-0.2, 0) is 9.84 Å². The van der Waals surface area contributed by atoms with Gasteiger partial charge in [0.05, 0.1) is 23.5 Å². The van der Waals surface area contributed by atoms with E-state index in [1.165, 1.54) is 19.2 Å². The topological polar surface area (TPSA) is 98.5 Å². The summed E-state index contributed by atoms with van der Waals surface area (Å²) in [5.74, 6) is 0.394. The molecule has 1 N–H and O–H groups in total. The number of hydrogen-bond donors (Lipinski definition) is 1. The predicted molar refractivity (Wildman–Crippen MR) is 70.3 cm³/mol. The van der Waals surface area contributed by atoms with Gasteiger partial charge in [-0.15, -0.1) is 0 Å². The summed E-state index contributed by atoms with van der Waals surface area (Å²) >= 11 is 0. The van der Waals surface area contributed by atoms with Crippen LogP contribution in [0.3, 0.4) is 0 Å². The highest BCUT2D eigenvalue weighted by Crippen LogP contribution is 2.30. The molecule has 1 aromatic carbocycles. The number of benzene rings is 1. The summed E-state index contributed by atoms with van der Waals surface area (Å²) in [6.07, 6.45) is 0.516. The first-order valence-electron chi connectivity index (χ1n) is 5.71. The second kappa shape index (κ2) is 5.04. The van der Waals surface area contributed by atoms with Crippen molar-refractivity contribution in [2.75, 3.05) is 23.9 Å². The van der Waals surface area contributed by atoms with E-state index < -0.39 is 14.8 Å². The lowest BCUT2D eigenvalue weighted by Gasteiger charge is -2.12. The van der Waals surface area contributed by atoms with Gasteiger partial charge in [-0.05, 0) is 18.6 Å². The molecule has 7 nitrogen and oxygen atoms in total. The number of ether oxygens (including phenoxy) is 1. The minimum atomic E-state index is -2.98. The van der Waals surface area contributed by atoms with E-state index >= 15 is 0 Å². The average Bonchev–Trinajstić information content (AvgIpc) is 2.68. The normalized spacial score (nSPS) is 21.0. The first kappa shape index (κ1) is 13.6.